The number of rotatable bonds is 1. The molecule has 1 N–H and O–H groups in total. The van der Waals surface area contributed by atoms with Gasteiger partial charge in [0.05, 0.1) is 23.3 Å². The molecule has 1 amide bonds. The highest BCUT2D eigenvalue weighted by atomic mass is 16.5. The average molecular weight is 413 g/mol. The number of pyridine rings is 1. The maximum Gasteiger partial charge on any atom is 0.274 e. The highest BCUT2D eigenvalue weighted by molar-refractivity contribution is 6.03. The second-order valence-corrected chi connectivity index (χ2v) is 8.54. The zero-order valence-electron chi connectivity index (χ0n) is 16.7. The molecular formula is C23H19N5O3. The highest BCUT2D eigenvalue weighted by Gasteiger charge is 2.43. The number of carbonyl (C=O) groups is 1. The van der Waals surface area contributed by atoms with Crippen molar-refractivity contribution < 1.29 is 9.53 Å². The minimum absolute atomic E-state index is 0.00525. The number of nitrogens with zero attached hydrogens (tertiary/aromatic N) is 4. The molecule has 7 rings (SSSR count). The van der Waals surface area contributed by atoms with Crippen LogP contribution in [0.3, 0.4) is 0 Å². The van der Waals surface area contributed by atoms with Gasteiger partial charge in [0, 0.05) is 43.6 Å². The highest BCUT2D eigenvalue weighted by Crippen LogP contribution is 2.46. The molecule has 0 radical (unpaired) electrons. The molecule has 154 valence electrons. The molecule has 0 saturated carbocycles. The molecular weight excluding hydrogens is 394 g/mol. The monoisotopic (exact) mass is 413 g/mol. The van der Waals surface area contributed by atoms with E-state index < -0.39 is 0 Å². The van der Waals surface area contributed by atoms with Crippen molar-refractivity contribution in [3.05, 3.63) is 75.2 Å². The number of benzene rings is 1. The fourth-order valence-electron chi connectivity index (χ4n) is 5.47. The summed E-state index contributed by atoms with van der Waals surface area (Å²) in [4.78, 5) is 39.7. The van der Waals surface area contributed by atoms with Gasteiger partial charge in [0.1, 0.15) is 11.3 Å². The number of amides is 1. The Hall–Kier alpha value is -3.52. The lowest BCUT2D eigenvalue weighted by Gasteiger charge is -2.21. The quantitative estimate of drug-likeness (QED) is 0.518. The zero-order chi connectivity index (χ0) is 20.7. The first-order chi connectivity index (χ1) is 15.2. The van der Waals surface area contributed by atoms with Crippen molar-refractivity contribution in [2.45, 2.75) is 31.3 Å². The van der Waals surface area contributed by atoms with Crippen LogP contribution in [-0.2, 0) is 11.3 Å². The third-order valence-corrected chi connectivity index (χ3v) is 6.94. The topological polar surface area (TPSA) is 92.6 Å². The standard InChI is InChI=1S/C23H19N5O3/c29-22-19-10-25-21(12-2-5-31-6-3-12)28(19)18-8-15-16(7-17(18)26-22)23(30)27-11-13-9-24-4-1-14(13)20(15)27/h1,4,7-10,12,20H,2-3,5-6,11H2,(H,26,29). The molecule has 3 aliphatic heterocycles. The Kier molecular flexibility index (Phi) is 3.33. The van der Waals surface area contributed by atoms with Crippen LogP contribution in [0.1, 0.15) is 57.7 Å². The van der Waals surface area contributed by atoms with Gasteiger partial charge in [0.2, 0.25) is 0 Å². The number of fused-ring (bicyclic) bond motifs is 8. The van der Waals surface area contributed by atoms with Gasteiger partial charge in [-0.1, -0.05) is 0 Å². The Morgan fingerprint density at radius 1 is 1.06 bits per heavy atom. The summed E-state index contributed by atoms with van der Waals surface area (Å²) in [6.07, 6.45) is 7.04. The lowest BCUT2D eigenvalue weighted by atomic mass is 9.97. The van der Waals surface area contributed by atoms with E-state index in [0.717, 1.165) is 40.9 Å². The van der Waals surface area contributed by atoms with Gasteiger partial charge < -0.3 is 14.6 Å². The molecule has 1 fully saturated rings. The van der Waals surface area contributed by atoms with Gasteiger partial charge in [-0.15, -0.1) is 0 Å². The van der Waals surface area contributed by atoms with E-state index in [2.05, 4.69) is 21.0 Å². The van der Waals surface area contributed by atoms with Crippen LogP contribution in [0.15, 0.2) is 41.6 Å². The molecule has 8 heteroatoms. The predicted molar refractivity (Wildman–Crippen MR) is 112 cm³/mol. The number of hydrogen-bond acceptors (Lipinski definition) is 5. The van der Waals surface area contributed by atoms with Crippen LogP contribution in [0.5, 0.6) is 0 Å². The van der Waals surface area contributed by atoms with Crippen LogP contribution < -0.4 is 5.56 Å². The minimum Gasteiger partial charge on any atom is -0.381 e. The number of hydrogen-bond donors (Lipinski definition) is 1. The number of aromatic nitrogens is 4. The van der Waals surface area contributed by atoms with Gasteiger partial charge in [0.15, 0.2) is 0 Å². The van der Waals surface area contributed by atoms with Crippen LogP contribution in [0, 0.1) is 0 Å². The van der Waals surface area contributed by atoms with Crippen LogP contribution in [0.2, 0.25) is 0 Å². The fourth-order valence-corrected chi connectivity index (χ4v) is 5.47. The summed E-state index contributed by atoms with van der Waals surface area (Å²) in [5.74, 6) is 1.13. The van der Waals surface area contributed by atoms with Gasteiger partial charge in [-0.3, -0.25) is 19.0 Å². The Balaban J connectivity index is 1.51. The van der Waals surface area contributed by atoms with E-state index in [1.165, 1.54) is 0 Å². The molecule has 3 aromatic heterocycles. The van der Waals surface area contributed by atoms with E-state index in [0.29, 0.717) is 36.4 Å². The second kappa shape index (κ2) is 6.01. The fraction of sp³-hybridized carbons (Fsp3) is 0.304. The molecule has 1 saturated heterocycles. The molecule has 1 aromatic carbocycles. The van der Waals surface area contributed by atoms with Gasteiger partial charge in [-0.25, -0.2) is 4.98 Å². The third kappa shape index (κ3) is 2.22. The summed E-state index contributed by atoms with van der Waals surface area (Å²) in [6, 6.07) is 5.79. The van der Waals surface area contributed by atoms with E-state index in [-0.39, 0.29) is 23.4 Å². The van der Waals surface area contributed by atoms with Crippen LogP contribution in [-0.4, -0.2) is 43.4 Å². The number of carbonyl (C=O) groups excluding carboxylic acids is 1. The van der Waals surface area contributed by atoms with E-state index in [1.807, 2.05) is 27.6 Å². The maximum absolute atomic E-state index is 13.2. The van der Waals surface area contributed by atoms with Gasteiger partial charge in [-0.2, -0.15) is 0 Å². The van der Waals surface area contributed by atoms with Crippen molar-refractivity contribution in [3.63, 3.8) is 0 Å². The SMILES string of the molecule is O=C1c2cc3[nH]c(=O)c4cnc(C5CCOCC5)n4c3cc2C2c3ccncc3CN12. The van der Waals surface area contributed by atoms with Crippen molar-refractivity contribution in [1.82, 2.24) is 24.3 Å². The van der Waals surface area contributed by atoms with Crippen molar-refractivity contribution in [2.24, 2.45) is 0 Å². The summed E-state index contributed by atoms with van der Waals surface area (Å²) in [6.45, 7) is 1.96. The number of ether oxygens (including phenoxy) is 1. The first kappa shape index (κ1) is 17.2. The first-order valence-electron chi connectivity index (χ1n) is 10.6. The Morgan fingerprint density at radius 2 is 1.94 bits per heavy atom. The molecule has 1 atom stereocenters. The number of H-pyrrole nitrogens is 1. The van der Waals surface area contributed by atoms with Gasteiger partial charge >= 0.3 is 0 Å². The minimum atomic E-state index is -0.194. The largest absolute Gasteiger partial charge is 0.381 e. The molecule has 4 aromatic rings. The maximum atomic E-state index is 13.2. The molecule has 8 nitrogen and oxygen atoms in total. The summed E-state index contributed by atoms with van der Waals surface area (Å²) in [5.41, 5.74) is 5.72. The lowest BCUT2D eigenvalue weighted by Crippen LogP contribution is -2.21. The van der Waals surface area contributed by atoms with Crippen LogP contribution >= 0.6 is 0 Å². The normalized spacial score (nSPS) is 20.5. The van der Waals surface area contributed by atoms with Crippen molar-refractivity contribution in [2.75, 3.05) is 13.2 Å². The summed E-state index contributed by atoms with van der Waals surface area (Å²) < 4.78 is 7.51. The third-order valence-electron chi connectivity index (χ3n) is 6.94. The molecule has 31 heavy (non-hydrogen) atoms. The van der Waals surface area contributed by atoms with E-state index in [9.17, 15) is 9.59 Å². The van der Waals surface area contributed by atoms with Crippen molar-refractivity contribution in [3.8, 4) is 0 Å². The zero-order valence-corrected chi connectivity index (χ0v) is 16.7. The molecule has 0 bridgehead atoms. The number of aromatic amines is 1. The van der Waals surface area contributed by atoms with E-state index in [1.54, 1.807) is 12.4 Å². The van der Waals surface area contributed by atoms with Gasteiger partial charge in [-0.05, 0) is 47.7 Å². The predicted octanol–water partition coefficient (Wildman–Crippen LogP) is 2.52. The number of nitrogens with one attached hydrogen (secondary N) is 1. The molecule has 6 heterocycles. The Morgan fingerprint density at radius 3 is 2.81 bits per heavy atom. The van der Waals surface area contributed by atoms with Gasteiger partial charge in [0.25, 0.3) is 11.5 Å². The molecule has 0 spiro atoms. The first-order valence-corrected chi connectivity index (χ1v) is 10.6. The average Bonchev–Trinajstić information content (AvgIpc) is 3.47. The number of imidazole rings is 1. The molecule has 0 aliphatic carbocycles. The Labute approximate surface area is 176 Å². The molecule has 3 aliphatic rings. The molecule has 1 unspecified atom stereocenters. The van der Waals surface area contributed by atoms with E-state index >= 15 is 0 Å². The summed E-state index contributed by atoms with van der Waals surface area (Å²) in [5, 5.41) is 0. The summed E-state index contributed by atoms with van der Waals surface area (Å²) >= 11 is 0. The summed E-state index contributed by atoms with van der Waals surface area (Å²) in [7, 11) is 0. The lowest BCUT2D eigenvalue weighted by molar-refractivity contribution is 0.0759. The smallest absolute Gasteiger partial charge is 0.274 e. The van der Waals surface area contributed by atoms with Crippen molar-refractivity contribution in [1.29, 1.82) is 0 Å². The van der Waals surface area contributed by atoms with Crippen LogP contribution in [0.25, 0.3) is 16.6 Å². The second-order valence-electron chi connectivity index (χ2n) is 8.54. The van der Waals surface area contributed by atoms with E-state index in [4.69, 9.17) is 4.74 Å². The Bertz CT molecular complexity index is 1460. The van der Waals surface area contributed by atoms with Crippen LogP contribution in [0.4, 0.5) is 0 Å². The van der Waals surface area contributed by atoms with Crippen molar-refractivity contribution >= 4 is 22.5 Å².